The molecule has 1 aliphatic heterocycles. The van der Waals surface area contributed by atoms with Crippen molar-refractivity contribution in [2.24, 2.45) is 11.3 Å². The fourth-order valence-corrected chi connectivity index (χ4v) is 5.00. The van der Waals surface area contributed by atoms with Crippen molar-refractivity contribution in [1.29, 1.82) is 0 Å². The quantitative estimate of drug-likeness (QED) is 0.143. The summed E-state index contributed by atoms with van der Waals surface area (Å²) in [5, 5.41) is 9.81. The minimum absolute atomic E-state index is 0.0633. The van der Waals surface area contributed by atoms with E-state index < -0.39 is 19.6 Å². The third-order valence-electron chi connectivity index (χ3n) is 6.63. The van der Waals surface area contributed by atoms with Gasteiger partial charge >= 0.3 is 0 Å². The highest BCUT2D eigenvalue weighted by molar-refractivity contribution is 6.76. The third-order valence-corrected chi connectivity index (χ3v) is 8.34. The smallest absolute Gasteiger partial charge is 0.146 e. The Morgan fingerprint density at radius 2 is 1.89 bits per heavy atom. The standard InChI is InChI=1S/C28H46O6Si/c1-7-27(33-19-22-11-9-8-10-12-22)28(2,3)26(30)17-24-15-23(18-29)16-25(34-24)20-32-21-31-13-14-35(4,5)6/h7-12,23-25,27,29H,1,13-21H2,2-6H3/t23-,24+,25-,27+/m1/s1. The molecule has 0 aliphatic carbocycles. The van der Waals surface area contributed by atoms with Crippen molar-refractivity contribution in [2.75, 3.05) is 26.6 Å². The van der Waals surface area contributed by atoms with Crippen molar-refractivity contribution in [3.05, 3.63) is 48.6 Å². The van der Waals surface area contributed by atoms with Crippen molar-refractivity contribution in [3.8, 4) is 0 Å². The number of benzene rings is 1. The predicted molar refractivity (Wildman–Crippen MR) is 142 cm³/mol. The average molecular weight is 507 g/mol. The highest BCUT2D eigenvalue weighted by Crippen LogP contribution is 2.33. The maximum absolute atomic E-state index is 13.3. The van der Waals surface area contributed by atoms with E-state index in [-0.39, 0.29) is 43.7 Å². The number of ketones is 1. The molecule has 1 aromatic carbocycles. The Morgan fingerprint density at radius 3 is 2.51 bits per heavy atom. The number of hydrogen-bond acceptors (Lipinski definition) is 6. The summed E-state index contributed by atoms with van der Waals surface area (Å²) in [7, 11) is -1.12. The molecule has 1 heterocycles. The SMILES string of the molecule is C=C[C@H](OCc1ccccc1)C(C)(C)C(=O)C[C@@H]1C[C@@H](CO)C[C@H](COCOCC[Si](C)(C)C)O1. The zero-order chi connectivity index (χ0) is 25.9. The molecule has 2 rings (SSSR count). The zero-order valence-corrected chi connectivity index (χ0v) is 23.3. The van der Waals surface area contributed by atoms with Crippen LogP contribution in [0.4, 0.5) is 0 Å². The number of rotatable bonds is 16. The van der Waals surface area contributed by atoms with Gasteiger partial charge in [-0.05, 0) is 30.4 Å². The van der Waals surface area contributed by atoms with Crippen molar-refractivity contribution in [1.82, 2.24) is 0 Å². The molecule has 6 nitrogen and oxygen atoms in total. The molecule has 35 heavy (non-hydrogen) atoms. The summed E-state index contributed by atoms with van der Waals surface area (Å²) in [4.78, 5) is 13.3. The Bertz CT molecular complexity index is 760. The Morgan fingerprint density at radius 1 is 1.20 bits per heavy atom. The van der Waals surface area contributed by atoms with Gasteiger partial charge in [-0.1, -0.05) is 69.9 Å². The van der Waals surface area contributed by atoms with E-state index >= 15 is 0 Å². The van der Waals surface area contributed by atoms with Gasteiger partial charge in [-0.2, -0.15) is 0 Å². The molecule has 1 aromatic rings. The molecule has 1 fully saturated rings. The minimum Gasteiger partial charge on any atom is -0.396 e. The lowest BCUT2D eigenvalue weighted by molar-refractivity contribution is -0.152. The van der Waals surface area contributed by atoms with Crippen LogP contribution in [0.5, 0.6) is 0 Å². The van der Waals surface area contributed by atoms with Gasteiger partial charge in [-0.15, -0.1) is 6.58 Å². The van der Waals surface area contributed by atoms with E-state index in [9.17, 15) is 9.90 Å². The minimum atomic E-state index is -1.12. The van der Waals surface area contributed by atoms with Crippen LogP contribution in [0.2, 0.25) is 25.7 Å². The van der Waals surface area contributed by atoms with Crippen molar-refractivity contribution in [3.63, 3.8) is 0 Å². The van der Waals surface area contributed by atoms with Gasteiger partial charge < -0.3 is 24.1 Å². The monoisotopic (exact) mass is 506 g/mol. The van der Waals surface area contributed by atoms with Crippen LogP contribution in [-0.4, -0.2) is 63.9 Å². The summed E-state index contributed by atoms with van der Waals surface area (Å²) in [6.07, 6.45) is 2.52. The summed E-state index contributed by atoms with van der Waals surface area (Å²) in [6.45, 7) is 16.5. The second kappa shape index (κ2) is 14.4. The Balaban J connectivity index is 1.85. The fraction of sp³-hybridized carbons (Fsp3) is 0.679. The van der Waals surface area contributed by atoms with Gasteiger partial charge in [-0.25, -0.2) is 0 Å². The highest BCUT2D eigenvalue weighted by Gasteiger charge is 2.39. The Hall–Kier alpha value is -1.35. The van der Waals surface area contributed by atoms with Gasteiger partial charge in [0.1, 0.15) is 12.6 Å². The Labute approximate surface area is 213 Å². The van der Waals surface area contributed by atoms with Crippen LogP contribution in [0.3, 0.4) is 0 Å². The first kappa shape index (κ1) is 29.9. The maximum Gasteiger partial charge on any atom is 0.146 e. The highest BCUT2D eigenvalue weighted by atomic mass is 28.3. The summed E-state index contributed by atoms with van der Waals surface area (Å²) >= 11 is 0. The molecule has 0 amide bonds. The number of Topliss-reactive ketones (excluding diaryl/α,β-unsaturated/α-hetero) is 1. The maximum atomic E-state index is 13.3. The lowest BCUT2D eigenvalue weighted by Crippen LogP contribution is -2.43. The van der Waals surface area contributed by atoms with Crippen LogP contribution in [0.1, 0.15) is 38.7 Å². The lowest BCUT2D eigenvalue weighted by atomic mass is 9.78. The van der Waals surface area contributed by atoms with E-state index in [2.05, 4.69) is 26.2 Å². The van der Waals surface area contributed by atoms with Gasteiger partial charge in [0.15, 0.2) is 0 Å². The first-order chi connectivity index (χ1) is 16.5. The zero-order valence-electron chi connectivity index (χ0n) is 22.3. The number of hydrogen-bond donors (Lipinski definition) is 1. The van der Waals surface area contributed by atoms with Gasteiger partial charge in [-0.3, -0.25) is 4.79 Å². The molecule has 4 atom stereocenters. The predicted octanol–water partition coefficient (Wildman–Crippen LogP) is 5.23. The summed E-state index contributed by atoms with van der Waals surface area (Å²) in [6, 6.07) is 11.0. The first-order valence-corrected chi connectivity index (χ1v) is 16.5. The number of aliphatic hydroxyl groups is 1. The molecule has 1 saturated heterocycles. The van der Waals surface area contributed by atoms with Crippen molar-refractivity contribution in [2.45, 2.75) is 83.7 Å². The normalized spacial score (nSPS) is 22.1. The van der Waals surface area contributed by atoms with Gasteiger partial charge in [0, 0.05) is 27.7 Å². The molecular formula is C28H46O6Si. The van der Waals surface area contributed by atoms with E-state index in [0.717, 1.165) is 18.0 Å². The molecular weight excluding hydrogens is 460 g/mol. The van der Waals surface area contributed by atoms with E-state index in [4.69, 9.17) is 18.9 Å². The summed E-state index contributed by atoms with van der Waals surface area (Å²) < 4.78 is 23.6. The number of ether oxygens (including phenoxy) is 4. The largest absolute Gasteiger partial charge is 0.396 e. The molecule has 0 spiro atoms. The molecule has 0 bridgehead atoms. The molecule has 1 N–H and O–H groups in total. The van der Waals surface area contributed by atoms with Crippen LogP contribution >= 0.6 is 0 Å². The fourth-order valence-electron chi connectivity index (χ4n) is 4.25. The van der Waals surface area contributed by atoms with Crippen LogP contribution in [0.15, 0.2) is 43.0 Å². The molecule has 0 saturated carbocycles. The number of carbonyl (C=O) groups excluding carboxylic acids is 1. The molecule has 198 valence electrons. The van der Waals surface area contributed by atoms with Crippen LogP contribution in [0, 0.1) is 11.3 Å². The van der Waals surface area contributed by atoms with E-state index in [0.29, 0.717) is 26.2 Å². The topological polar surface area (TPSA) is 74.2 Å². The number of carbonyl (C=O) groups is 1. The second-order valence-corrected chi connectivity index (χ2v) is 17.0. The van der Waals surface area contributed by atoms with Crippen LogP contribution < -0.4 is 0 Å². The van der Waals surface area contributed by atoms with Crippen LogP contribution in [0.25, 0.3) is 0 Å². The van der Waals surface area contributed by atoms with Gasteiger partial charge in [0.05, 0.1) is 36.9 Å². The molecule has 0 aromatic heterocycles. The van der Waals surface area contributed by atoms with E-state index in [1.807, 2.05) is 44.2 Å². The van der Waals surface area contributed by atoms with Gasteiger partial charge in [0.25, 0.3) is 0 Å². The molecule has 0 unspecified atom stereocenters. The summed E-state index contributed by atoms with van der Waals surface area (Å²) in [5.41, 5.74) is 0.304. The number of aliphatic hydroxyl groups excluding tert-OH is 1. The van der Waals surface area contributed by atoms with Crippen molar-refractivity contribution >= 4 is 13.9 Å². The Kier molecular flexibility index (Phi) is 12.3. The van der Waals surface area contributed by atoms with Crippen molar-refractivity contribution < 1.29 is 28.8 Å². The summed E-state index contributed by atoms with van der Waals surface area (Å²) in [5.74, 6) is 0.156. The molecule has 7 heteroatoms. The molecule has 1 aliphatic rings. The first-order valence-electron chi connectivity index (χ1n) is 12.8. The van der Waals surface area contributed by atoms with E-state index in [1.165, 1.54) is 0 Å². The van der Waals surface area contributed by atoms with E-state index in [1.54, 1.807) is 6.08 Å². The second-order valence-electron chi connectivity index (χ2n) is 11.4. The molecule has 0 radical (unpaired) electrons. The van der Waals surface area contributed by atoms with Crippen LogP contribution in [-0.2, 0) is 30.3 Å². The van der Waals surface area contributed by atoms with Gasteiger partial charge in [0.2, 0.25) is 0 Å². The average Bonchev–Trinajstić information content (AvgIpc) is 2.81. The lowest BCUT2D eigenvalue weighted by Gasteiger charge is -2.37. The third kappa shape index (κ3) is 10.7.